The Morgan fingerprint density at radius 1 is 1.41 bits per heavy atom. The van der Waals surface area contributed by atoms with E-state index in [1.807, 2.05) is 25.1 Å². The van der Waals surface area contributed by atoms with Crippen LogP contribution < -0.4 is 5.32 Å². The van der Waals surface area contributed by atoms with E-state index in [4.69, 9.17) is 4.42 Å². The molecule has 17 heavy (non-hydrogen) atoms. The molecule has 0 saturated heterocycles. The van der Waals surface area contributed by atoms with Crippen LogP contribution in [0.3, 0.4) is 0 Å². The molecule has 0 bridgehead atoms. The predicted molar refractivity (Wildman–Crippen MR) is 65.6 cm³/mol. The van der Waals surface area contributed by atoms with E-state index < -0.39 is 0 Å². The molecule has 0 radical (unpaired) electrons. The van der Waals surface area contributed by atoms with Gasteiger partial charge in [-0.1, -0.05) is 6.92 Å². The first-order valence-electron chi connectivity index (χ1n) is 5.87. The Labute approximate surface area is 101 Å². The Morgan fingerprint density at radius 3 is 2.94 bits per heavy atom. The minimum Gasteiger partial charge on any atom is -0.467 e. The maximum absolute atomic E-state index is 5.46. The molecule has 2 heterocycles. The normalized spacial score (nSPS) is 12.6. The van der Waals surface area contributed by atoms with E-state index in [1.54, 1.807) is 12.5 Å². The smallest absolute Gasteiger partial charge is 0.126 e. The number of hydrogen-bond acceptors (Lipinski definition) is 4. The molecule has 0 saturated carbocycles. The van der Waals surface area contributed by atoms with Crippen LogP contribution in [0.1, 0.15) is 36.7 Å². The fraction of sp³-hybridized carbons (Fsp3) is 0.385. The van der Waals surface area contributed by atoms with Gasteiger partial charge in [0.15, 0.2) is 0 Å². The van der Waals surface area contributed by atoms with Crippen LogP contribution in [0.2, 0.25) is 0 Å². The van der Waals surface area contributed by atoms with E-state index in [-0.39, 0.29) is 6.04 Å². The molecule has 2 aromatic rings. The van der Waals surface area contributed by atoms with Gasteiger partial charge in [0.25, 0.3) is 0 Å². The zero-order chi connectivity index (χ0) is 12.1. The second kappa shape index (κ2) is 5.59. The number of hydrogen-bond donors (Lipinski definition) is 1. The van der Waals surface area contributed by atoms with Gasteiger partial charge < -0.3 is 9.73 Å². The van der Waals surface area contributed by atoms with Crippen molar-refractivity contribution >= 4 is 0 Å². The lowest BCUT2D eigenvalue weighted by Gasteiger charge is -2.15. The fourth-order valence-electron chi connectivity index (χ4n) is 1.73. The topological polar surface area (TPSA) is 51.0 Å². The standard InChI is InChI=1S/C13H17N3O/c1-3-7-15-13(12-5-4-9-17-12)11-6-8-14-10(2)16-11/h4-6,8-9,13,15H,3,7H2,1-2H3. The van der Waals surface area contributed by atoms with Crippen molar-refractivity contribution in [3.8, 4) is 0 Å². The van der Waals surface area contributed by atoms with Crippen LogP contribution in [0.25, 0.3) is 0 Å². The van der Waals surface area contributed by atoms with Gasteiger partial charge in [-0.15, -0.1) is 0 Å². The summed E-state index contributed by atoms with van der Waals surface area (Å²) < 4.78 is 5.46. The van der Waals surface area contributed by atoms with Crippen LogP contribution in [0.5, 0.6) is 0 Å². The Bertz CT molecular complexity index is 453. The lowest BCUT2D eigenvalue weighted by atomic mass is 10.1. The highest BCUT2D eigenvalue weighted by molar-refractivity contribution is 5.19. The molecule has 2 aromatic heterocycles. The summed E-state index contributed by atoms with van der Waals surface area (Å²) in [5.41, 5.74) is 0.945. The third-order valence-corrected chi connectivity index (χ3v) is 2.52. The number of rotatable bonds is 5. The van der Waals surface area contributed by atoms with Gasteiger partial charge in [-0.05, 0) is 38.1 Å². The summed E-state index contributed by atoms with van der Waals surface area (Å²) >= 11 is 0. The van der Waals surface area contributed by atoms with Gasteiger partial charge in [0.1, 0.15) is 17.6 Å². The van der Waals surface area contributed by atoms with Crippen molar-refractivity contribution in [3.63, 3.8) is 0 Å². The molecule has 0 amide bonds. The van der Waals surface area contributed by atoms with Gasteiger partial charge in [0.2, 0.25) is 0 Å². The summed E-state index contributed by atoms with van der Waals surface area (Å²) in [5.74, 6) is 1.66. The van der Waals surface area contributed by atoms with Crippen LogP contribution in [-0.2, 0) is 0 Å². The highest BCUT2D eigenvalue weighted by Crippen LogP contribution is 2.20. The summed E-state index contributed by atoms with van der Waals surface area (Å²) in [7, 11) is 0. The van der Waals surface area contributed by atoms with E-state index in [0.29, 0.717) is 0 Å². The van der Waals surface area contributed by atoms with E-state index in [1.165, 1.54) is 0 Å². The molecule has 4 nitrogen and oxygen atoms in total. The van der Waals surface area contributed by atoms with Crippen LogP contribution in [0.15, 0.2) is 35.1 Å². The molecule has 0 fully saturated rings. The molecule has 4 heteroatoms. The maximum atomic E-state index is 5.46. The SMILES string of the molecule is CCCNC(c1ccnc(C)n1)c1ccco1. The third-order valence-electron chi connectivity index (χ3n) is 2.52. The van der Waals surface area contributed by atoms with Crippen molar-refractivity contribution in [2.75, 3.05) is 6.54 Å². The molecular weight excluding hydrogens is 214 g/mol. The molecule has 0 aliphatic carbocycles. The van der Waals surface area contributed by atoms with E-state index in [0.717, 1.165) is 30.2 Å². The quantitative estimate of drug-likeness (QED) is 0.858. The molecule has 0 aliphatic rings. The second-order valence-electron chi connectivity index (χ2n) is 3.93. The van der Waals surface area contributed by atoms with Gasteiger partial charge >= 0.3 is 0 Å². The zero-order valence-electron chi connectivity index (χ0n) is 10.2. The van der Waals surface area contributed by atoms with Gasteiger partial charge in [-0.2, -0.15) is 0 Å². The van der Waals surface area contributed by atoms with Crippen molar-refractivity contribution in [2.45, 2.75) is 26.3 Å². The van der Waals surface area contributed by atoms with E-state index in [9.17, 15) is 0 Å². The van der Waals surface area contributed by atoms with Crippen LogP contribution in [0, 0.1) is 6.92 Å². The first-order chi connectivity index (χ1) is 8.31. The largest absolute Gasteiger partial charge is 0.467 e. The number of nitrogens with one attached hydrogen (secondary N) is 1. The zero-order valence-corrected chi connectivity index (χ0v) is 10.2. The molecule has 2 rings (SSSR count). The average Bonchev–Trinajstić information content (AvgIpc) is 2.83. The molecule has 1 N–H and O–H groups in total. The lowest BCUT2D eigenvalue weighted by molar-refractivity contribution is 0.441. The fourth-order valence-corrected chi connectivity index (χ4v) is 1.73. The van der Waals surface area contributed by atoms with E-state index >= 15 is 0 Å². The van der Waals surface area contributed by atoms with Crippen LogP contribution in [-0.4, -0.2) is 16.5 Å². The number of aryl methyl sites for hydroxylation is 1. The average molecular weight is 231 g/mol. The van der Waals surface area contributed by atoms with E-state index in [2.05, 4.69) is 22.2 Å². The number of aromatic nitrogens is 2. The minimum atomic E-state index is 0.00616. The first kappa shape index (κ1) is 11.8. The third kappa shape index (κ3) is 2.91. The summed E-state index contributed by atoms with van der Waals surface area (Å²) in [6.45, 7) is 4.95. The Morgan fingerprint density at radius 2 is 2.29 bits per heavy atom. The van der Waals surface area contributed by atoms with Crippen LogP contribution >= 0.6 is 0 Å². The van der Waals surface area contributed by atoms with Crippen molar-refractivity contribution < 1.29 is 4.42 Å². The summed E-state index contributed by atoms with van der Waals surface area (Å²) in [4.78, 5) is 8.56. The van der Waals surface area contributed by atoms with Crippen molar-refractivity contribution in [2.24, 2.45) is 0 Å². The Hall–Kier alpha value is -1.68. The van der Waals surface area contributed by atoms with Gasteiger partial charge in [-0.25, -0.2) is 9.97 Å². The molecule has 1 unspecified atom stereocenters. The molecule has 0 spiro atoms. The van der Waals surface area contributed by atoms with Crippen molar-refractivity contribution in [1.82, 2.24) is 15.3 Å². The summed E-state index contributed by atoms with van der Waals surface area (Å²) in [5, 5.41) is 3.43. The lowest BCUT2D eigenvalue weighted by Crippen LogP contribution is -2.24. The number of nitrogens with zero attached hydrogens (tertiary/aromatic N) is 2. The summed E-state index contributed by atoms with van der Waals surface area (Å²) in [6.07, 6.45) is 4.53. The van der Waals surface area contributed by atoms with Crippen molar-refractivity contribution in [3.05, 3.63) is 47.9 Å². The van der Waals surface area contributed by atoms with Gasteiger partial charge in [0, 0.05) is 6.20 Å². The minimum absolute atomic E-state index is 0.00616. The molecular formula is C13H17N3O. The predicted octanol–water partition coefficient (Wildman–Crippen LogP) is 2.47. The highest BCUT2D eigenvalue weighted by Gasteiger charge is 2.17. The Balaban J connectivity index is 2.27. The van der Waals surface area contributed by atoms with Crippen molar-refractivity contribution in [1.29, 1.82) is 0 Å². The molecule has 0 aliphatic heterocycles. The molecule has 1 atom stereocenters. The van der Waals surface area contributed by atoms with Gasteiger partial charge in [0.05, 0.1) is 12.0 Å². The highest BCUT2D eigenvalue weighted by atomic mass is 16.3. The van der Waals surface area contributed by atoms with Gasteiger partial charge in [-0.3, -0.25) is 0 Å². The monoisotopic (exact) mass is 231 g/mol. The van der Waals surface area contributed by atoms with Crippen LogP contribution in [0.4, 0.5) is 0 Å². The Kier molecular flexibility index (Phi) is 3.88. The maximum Gasteiger partial charge on any atom is 0.126 e. The first-order valence-corrected chi connectivity index (χ1v) is 5.87. The second-order valence-corrected chi connectivity index (χ2v) is 3.93. The molecule has 90 valence electrons. The molecule has 0 aromatic carbocycles. The summed E-state index contributed by atoms with van der Waals surface area (Å²) in [6, 6.07) is 5.78. The number of furan rings is 1.